The third-order valence-electron chi connectivity index (χ3n) is 2.74. The summed E-state index contributed by atoms with van der Waals surface area (Å²) in [4.78, 5) is 12.1. The molecule has 0 aliphatic heterocycles. The second-order valence-corrected chi connectivity index (χ2v) is 5.52. The van der Waals surface area contributed by atoms with Gasteiger partial charge >= 0.3 is 0 Å². The van der Waals surface area contributed by atoms with E-state index in [2.05, 4.69) is 30.8 Å². The zero-order valence-electron chi connectivity index (χ0n) is 10.3. The first-order valence-electron chi connectivity index (χ1n) is 5.53. The van der Waals surface area contributed by atoms with Gasteiger partial charge in [0.25, 0.3) is 5.91 Å². The maximum atomic E-state index is 13.8. The molecule has 0 bridgehead atoms. The van der Waals surface area contributed by atoms with Crippen molar-refractivity contribution in [3.05, 3.63) is 44.6 Å². The fraction of sp³-hybridized carbons (Fsp3) is 0.250. The van der Waals surface area contributed by atoms with E-state index in [9.17, 15) is 9.18 Å². The molecule has 1 unspecified atom stereocenters. The minimum Gasteiger partial charge on any atom is -0.344 e. The monoisotopic (exact) mass is 343 g/mol. The minimum atomic E-state index is -0.540. The van der Waals surface area contributed by atoms with Crippen LogP contribution in [0.1, 0.15) is 34.6 Å². The van der Waals surface area contributed by atoms with Crippen molar-refractivity contribution in [2.75, 3.05) is 0 Å². The van der Waals surface area contributed by atoms with Gasteiger partial charge in [-0.15, -0.1) is 5.10 Å². The number of benzene rings is 1. The maximum Gasteiger partial charge on any atom is 0.255 e. The van der Waals surface area contributed by atoms with Gasteiger partial charge in [0, 0.05) is 9.85 Å². The van der Waals surface area contributed by atoms with Gasteiger partial charge in [0.1, 0.15) is 5.82 Å². The summed E-state index contributed by atoms with van der Waals surface area (Å²) in [7, 11) is 0. The van der Waals surface area contributed by atoms with Crippen molar-refractivity contribution >= 4 is 33.4 Å². The Morgan fingerprint density at radius 1 is 1.53 bits per heavy atom. The molecule has 2 rings (SSSR count). The van der Waals surface area contributed by atoms with Crippen molar-refractivity contribution in [3.63, 3.8) is 0 Å². The highest BCUT2D eigenvalue weighted by molar-refractivity contribution is 9.10. The smallest absolute Gasteiger partial charge is 0.255 e. The molecule has 7 heteroatoms. The number of rotatable bonds is 3. The van der Waals surface area contributed by atoms with E-state index in [0.717, 1.165) is 0 Å². The molecule has 19 heavy (non-hydrogen) atoms. The van der Waals surface area contributed by atoms with Crippen LogP contribution < -0.4 is 5.32 Å². The Hall–Kier alpha value is -1.34. The Morgan fingerprint density at radius 3 is 2.89 bits per heavy atom. The van der Waals surface area contributed by atoms with Crippen LogP contribution in [0, 0.1) is 12.7 Å². The number of nitrogens with one attached hydrogen (secondary N) is 1. The van der Waals surface area contributed by atoms with Gasteiger partial charge in [0.15, 0.2) is 0 Å². The van der Waals surface area contributed by atoms with Crippen LogP contribution in [0.4, 0.5) is 4.39 Å². The predicted molar refractivity (Wildman–Crippen MR) is 74.6 cm³/mol. The van der Waals surface area contributed by atoms with Gasteiger partial charge in [-0.2, -0.15) is 0 Å². The lowest BCUT2D eigenvalue weighted by atomic mass is 10.1. The van der Waals surface area contributed by atoms with E-state index < -0.39 is 11.7 Å². The Balaban J connectivity index is 2.23. The summed E-state index contributed by atoms with van der Waals surface area (Å²) in [6.07, 6.45) is 0. The van der Waals surface area contributed by atoms with E-state index in [1.54, 1.807) is 25.3 Å². The van der Waals surface area contributed by atoms with Gasteiger partial charge in [-0.05, 0) is 43.1 Å². The molecule has 100 valence electrons. The molecule has 1 amide bonds. The van der Waals surface area contributed by atoms with Crippen LogP contribution >= 0.6 is 27.5 Å². The molecule has 2 aromatic rings. The average Bonchev–Trinajstić information content (AvgIpc) is 2.88. The van der Waals surface area contributed by atoms with Crippen molar-refractivity contribution in [1.29, 1.82) is 0 Å². The molecule has 0 aliphatic rings. The molecule has 0 spiro atoms. The highest BCUT2D eigenvalue weighted by Gasteiger charge is 2.19. The van der Waals surface area contributed by atoms with E-state index in [1.165, 1.54) is 17.6 Å². The Morgan fingerprint density at radius 2 is 2.26 bits per heavy atom. The fourth-order valence-electron chi connectivity index (χ4n) is 1.64. The summed E-state index contributed by atoms with van der Waals surface area (Å²) < 4.78 is 18.2. The van der Waals surface area contributed by atoms with Gasteiger partial charge in [-0.25, -0.2) is 4.39 Å². The van der Waals surface area contributed by atoms with Crippen LogP contribution in [0.5, 0.6) is 0 Å². The number of hydrogen-bond acceptors (Lipinski definition) is 4. The lowest BCUT2D eigenvalue weighted by molar-refractivity contribution is 0.0934. The molecular weight excluding hydrogens is 333 g/mol. The maximum absolute atomic E-state index is 13.8. The largest absolute Gasteiger partial charge is 0.344 e. The molecular formula is C12H11BrFN3OS. The van der Waals surface area contributed by atoms with E-state index in [1.807, 2.05) is 0 Å². The second-order valence-electron chi connectivity index (χ2n) is 4.05. The Bertz CT molecular complexity index is 603. The summed E-state index contributed by atoms with van der Waals surface area (Å²) >= 11 is 4.49. The Kier molecular flexibility index (Phi) is 4.26. The summed E-state index contributed by atoms with van der Waals surface area (Å²) in [5.74, 6) is -1.00. The molecule has 0 saturated carbocycles. The third kappa shape index (κ3) is 2.98. The molecule has 4 nitrogen and oxygen atoms in total. The molecule has 0 aliphatic carbocycles. The lowest BCUT2D eigenvalue weighted by Gasteiger charge is -2.13. The van der Waals surface area contributed by atoms with E-state index in [4.69, 9.17) is 0 Å². The van der Waals surface area contributed by atoms with Crippen LogP contribution in [-0.4, -0.2) is 15.5 Å². The number of hydrogen-bond donors (Lipinski definition) is 1. The number of aromatic nitrogens is 2. The number of amides is 1. The standard InChI is InChI=1S/C12H11BrFN3OS/c1-6-8(13)3-4-9(14)11(6)12(18)15-7(2)10-5-19-17-16-10/h3-5,7H,1-2H3,(H,15,18). The van der Waals surface area contributed by atoms with Gasteiger partial charge < -0.3 is 5.32 Å². The van der Waals surface area contributed by atoms with Crippen molar-refractivity contribution < 1.29 is 9.18 Å². The van der Waals surface area contributed by atoms with Crippen LogP contribution in [0.2, 0.25) is 0 Å². The summed E-state index contributed by atoms with van der Waals surface area (Å²) in [5.41, 5.74) is 1.27. The van der Waals surface area contributed by atoms with Crippen LogP contribution in [-0.2, 0) is 0 Å². The van der Waals surface area contributed by atoms with Crippen LogP contribution in [0.15, 0.2) is 22.0 Å². The quantitative estimate of drug-likeness (QED) is 0.930. The van der Waals surface area contributed by atoms with Gasteiger partial charge in [-0.3, -0.25) is 4.79 Å². The topological polar surface area (TPSA) is 54.9 Å². The van der Waals surface area contributed by atoms with Crippen LogP contribution in [0.25, 0.3) is 0 Å². The molecule has 0 fully saturated rings. The second kappa shape index (κ2) is 5.75. The van der Waals surface area contributed by atoms with Crippen molar-refractivity contribution in [2.24, 2.45) is 0 Å². The first-order valence-corrected chi connectivity index (χ1v) is 7.16. The van der Waals surface area contributed by atoms with Crippen molar-refractivity contribution in [2.45, 2.75) is 19.9 Å². The summed E-state index contributed by atoms with van der Waals surface area (Å²) in [6.45, 7) is 3.47. The average molecular weight is 344 g/mol. The fourth-order valence-corrected chi connectivity index (χ4v) is 2.51. The van der Waals surface area contributed by atoms with Crippen molar-refractivity contribution in [3.8, 4) is 0 Å². The zero-order chi connectivity index (χ0) is 14.0. The van der Waals surface area contributed by atoms with E-state index in [0.29, 0.717) is 15.7 Å². The van der Waals surface area contributed by atoms with Gasteiger partial charge in [0.05, 0.1) is 17.3 Å². The minimum absolute atomic E-state index is 0.0458. The molecule has 0 saturated heterocycles. The third-order valence-corrected chi connectivity index (χ3v) is 4.13. The van der Waals surface area contributed by atoms with Gasteiger partial charge in [0.2, 0.25) is 0 Å². The molecule has 1 N–H and O–H groups in total. The highest BCUT2D eigenvalue weighted by atomic mass is 79.9. The molecule has 0 radical (unpaired) electrons. The molecule has 1 heterocycles. The number of halogens is 2. The molecule has 1 aromatic carbocycles. The number of nitrogens with zero attached hydrogens (tertiary/aromatic N) is 2. The first kappa shape index (κ1) is 14.1. The normalized spacial score (nSPS) is 12.2. The first-order chi connectivity index (χ1) is 9.00. The zero-order valence-corrected chi connectivity index (χ0v) is 12.7. The molecule has 1 atom stereocenters. The summed E-state index contributed by atoms with van der Waals surface area (Å²) in [6, 6.07) is 2.53. The van der Waals surface area contributed by atoms with Crippen molar-refractivity contribution in [1.82, 2.24) is 14.9 Å². The predicted octanol–water partition coefficient (Wildman–Crippen LogP) is 3.24. The number of carbonyl (C=O) groups excluding carboxylic acids is 1. The highest BCUT2D eigenvalue weighted by Crippen LogP contribution is 2.23. The Labute approximate surface area is 122 Å². The van der Waals surface area contributed by atoms with E-state index in [-0.39, 0.29) is 11.6 Å². The SMILES string of the molecule is Cc1c(Br)ccc(F)c1C(=O)NC(C)c1csnn1. The van der Waals surface area contributed by atoms with E-state index >= 15 is 0 Å². The summed E-state index contributed by atoms with van der Waals surface area (Å²) in [5, 5.41) is 8.33. The number of carbonyl (C=O) groups is 1. The van der Waals surface area contributed by atoms with Crippen LogP contribution in [0.3, 0.4) is 0 Å². The molecule has 1 aromatic heterocycles. The van der Waals surface area contributed by atoms with Gasteiger partial charge in [-0.1, -0.05) is 20.4 Å². The lowest BCUT2D eigenvalue weighted by Crippen LogP contribution is -2.28.